The Kier molecular flexibility index (Phi) is 8.19. The van der Waals surface area contributed by atoms with Gasteiger partial charge in [0, 0.05) is 19.5 Å². The Morgan fingerprint density at radius 2 is 1.74 bits per heavy atom. The number of unbranched alkanes of at least 4 members (excludes halogenated alkanes) is 2. The van der Waals surface area contributed by atoms with E-state index in [-0.39, 0.29) is 17.9 Å². The van der Waals surface area contributed by atoms with Crippen LogP contribution in [0.15, 0.2) is 0 Å². The molecular weight excluding hydrogens is 244 g/mol. The molecule has 0 aromatic heterocycles. The van der Waals surface area contributed by atoms with Gasteiger partial charge in [0.15, 0.2) is 0 Å². The maximum absolute atomic E-state index is 11.5. The molecule has 0 saturated carbocycles. The molecule has 112 valence electrons. The van der Waals surface area contributed by atoms with Gasteiger partial charge >= 0.3 is 12.0 Å². The van der Waals surface area contributed by atoms with Crippen molar-refractivity contribution >= 4 is 12.0 Å². The predicted molar refractivity (Wildman–Crippen MR) is 76.1 cm³/mol. The van der Waals surface area contributed by atoms with E-state index < -0.39 is 5.97 Å². The minimum absolute atomic E-state index is 0.0822. The topological polar surface area (TPSA) is 78.4 Å². The fraction of sp³-hybridized carbons (Fsp3) is 0.857. The summed E-state index contributed by atoms with van der Waals surface area (Å²) in [5.74, 6) is -0.259. The van der Waals surface area contributed by atoms with Crippen LogP contribution in [0.1, 0.15) is 53.4 Å². The first-order valence-corrected chi connectivity index (χ1v) is 6.99. The first-order chi connectivity index (χ1) is 8.75. The number of hydrogen-bond donors (Lipinski definition) is 3. The molecule has 0 saturated heterocycles. The highest BCUT2D eigenvalue weighted by Crippen LogP contribution is 2.24. The molecule has 0 bridgehead atoms. The summed E-state index contributed by atoms with van der Waals surface area (Å²) in [6.07, 6.45) is 2.51. The molecule has 0 fully saturated rings. The van der Waals surface area contributed by atoms with E-state index in [2.05, 4.69) is 38.3 Å². The fourth-order valence-corrected chi connectivity index (χ4v) is 1.35. The zero-order valence-corrected chi connectivity index (χ0v) is 12.6. The molecule has 0 unspecified atom stereocenters. The molecule has 0 aliphatic carbocycles. The molecule has 0 aliphatic rings. The second kappa shape index (κ2) is 8.77. The standard InChI is InChI=1S/C14H28N2O3/c1-11(2)14(3,4)10-16-13(19)15-9-7-5-6-8-12(17)18/h11H,5-10H2,1-4H3,(H,17,18)(H2,15,16,19). The van der Waals surface area contributed by atoms with Crippen molar-refractivity contribution in [2.45, 2.75) is 53.4 Å². The predicted octanol–water partition coefficient (Wildman–Crippen LogP) is 2.61. The quantitative estimate of drug-likeness (QED) is 0.564. The summed E-state index contributed by atoms with van der Waals surface area (Å²) in [6.45, 7) is 9.78. The van der Waals surface area contributed by atoms with Crippen LogP contribution in [0.25, 0.3) is 0 Å². The van der Waals surface area contributed by atoms with Gasteiger partial charge in [-0.1, -0.05) is 34.1 Å². The second-order valence-electron chi connectivity index (χ2n) is 5.96. The third kappa shape index (κ3) is 9.33. The zero-order valence-electron chi connectivity index (χ0n) is 12.6. The van der Waals surface area contributed by atoms with Crippen molar-refractivity contribution in [2.24, 2.45) is 11.3 Å². The molecule has 0 aromatic carbocycles. The largest absolute Gasteiger partial charge is 0.481 e. The molecule has 3 N–H and O–H groups in total. The highest BCUT2D eigenvalue weighted by molar-refractivity contribution is 5.73. The van der Waals surface area contributed by atoms with Crippen molar-refractivity contribution in [2.75, 3.05) is 13.1 Å². The minimum Gasteiger partial charge on any atom is -0.481 e. The maximum Gasteiger partial charge on any atom is 0.314 e. The number of rotatable bonds is 9. The zero-order chi connectivity index (χ0) is 14.9. The lowest BCUT2D eigenvalue weighted by molar-refractivity contribution is -0.137. The molecule has 5 heteroatoms. The fourth-order valence-electron chi connectivity index (χ4n) is 1.35. The van der Waals surface area contributed by atoms with Crippen molar-refractivity contribution in [3.05, 3.63) is 0 Å². The van der Waals surface area contributed by atoms with E-state index in [1.807, 2.05) is 0 Å². The first kappa shape index (κ1) is 17.7. The Balaban J connectivity index is 3.58. The Hall–Kier alpha value is -1.26. The van der Waals surface area contributed by atoms with Gasteiger partial charge in [0.1, 0.15) is 0 Å². The van der Waals surface area contributed by atoms with Crippen molar-refractivity contribution in [3.8, 4) is 0 Å². The lowest BCUT2D eigenvalue weighted by atomic mass is 9.81. The molecule has 0 rings (SSSR count). The van der Waals surface area contributed by atoms with Crippen LogP contribution in [0, 0.1) is 11.3 Å². The van der Waals surface area contributed by atoms with Gasteiger partial charge in [-0.15, -0.1) is 0 Å². The second-order valence-corrected chi connectivity index (χ2v) is 5.96. The average molecular weight is 272 g/mol. The Bertz CT molecular complexity index is 288. The molecular formula is C14H28N2O3. The van der Waals surface area contributed by atoms with Gasteiger partial charge in [-0.2, -0.15) is 0 Å². The van der Waals surface area contributed by atoms with Gasteiger partial charge in [0.05, 0.1) is 0 Å². The average Bonchev–Trinajstić information content (AvgIpc) is 2.30. The van der Waals surface area contributed by atoms with Crippen molar-refractivity contribution in [1.82, 2.24) is 10.6 Å². The Morgan fingerprint density at radius 1 is 1.11 bits per heavy atom. The van der Waals surface area contributed by atoms with E-state index in [9.17, 15) is 9.59 Å². The number of carboxylic acid groups (broad SMARTS) is 1. The lowest BCUT2D eigenvalue weighted by Gasteiger charge is -2.29. The Morgan fingerprint density at radius 3 is 2.26 bits per heavy atom. The summed E-state index contributed by atoms with van der Waals surface area (Å²) < 4.78 is 0. The highest BCUT2D eigenvalue weighted by atomic mass is 16.4. The van der Waals surface area contributed by atoms with Gasteiger partial charge in [-0.25, -0.2) is 4.79 Å². The summed E-state index contributed by atoms with van der Waals surface area (Å²) >= 11 is 0. The van der Waals surface area contributed by atoms with E-state index in [4.69, 9.17) is 5.11 Å². The van der Waals surface area contributed by atoms with Crippen LogP contribution in [0.2, 0.25) is 0 Å². The number of aliphatic carboxylic acids is 1. The van der Waals surface area contributed by atoms with Gasteiger partial charge in [-0.3, -0.25) is 4.79 Å². The summed E-state index contributed by atoms with van der Waals surface area (Å²) in [5.41, 5.74) is 0.0822. The van der Waals surface area contributed by atoms with Crippen molar-refractivity contribution in [1.29, 1.82) is 0 Å². The van der Waals surface area contributed by atoms with E-state index in [1.54, 1.807) is 0 Å². The molecule has 0 aromatic rings. The number of carboxylic acids is 1. The maximum atomic E-state index is 11.5. The third-order valence-electron chi connectivity index (χ3n) is 3.62. The molecule has 0 atom stereocenters. The van der Waals surface area contributed by atoms with Crippen LogP contribution in [0.3, 0.4) is 0 Å². The minimum atomic E-state index is -0.762. The van der Waals surface area contributed by atoms with E-state index >= 15 is 0 Å². The number of carbonyl (C=O) groups is 2. The van der Waals surface area contributed by atoms with Gasteiger partial charge in [0.2, 0.25) is 0 Å². The third-order valence-corrected chi connectivity index (χ3v) is 3.62. The number of carbonyl (C=O) groups excluding carboxylic acids is 1. The van der Waals surface area contributed by atoms with Crippen LogP contribution in [-0.2, 0) is 4.79 Å². The summed E-state index contributed by atoms with van der Waals surface area (Å²) in [7, 11) is 0. The van der Waals surface area contributed by atoms with Gasteiger partial charge < -0.3 is 15.7 Å². The summed E-state index contributed by atoms with van der Waals surface area (Å²) in [6, 6.07) is -0.146. The van der Waals surface area contributed by atoms with Gasteiger partial charge in [-0.05, 0) is 24.2 Å². The van der Waals surface area contributed by atoms with E-state index in [0.29, 0.717) is 25.4 Å². The molecule has 0 radical (unpaired) electrons. The first-order valence-electron chi connectivity index (χ1n) is 6.99. The molecule has 0 heterocycles. The normalized spacial score (nSPS) is 11.4. The van der Waals surface area contributed by atoms with Crippen LogP contribution in [-0.4, -0.2) is 30.2 Å². The molecule has 2 amide bonds. The Labute approximate surface area is 116 Å². The van der Waals surface area contributed by atoms with Crippen molar-refractivity contribution < 1.29 is 14.7 Å². The van der Waals surface area contributed by atoms with Crippen LogP contribution in [0.5, 0.6) is 0 Å². The van der Waals surface area contributed by atoms with Crippen molar-refractivity contribution in [3.63, 3.8) is 0 Å². The summed E-state index contributed by atoms with van der Waals surface area (Å²) in [4.78, 5) is 21.8. The van der Waals surface area contributed by atoms with E-state index in [1.165, 1.54) is 0 Å². The highest BCUT2D eigenvalue weighted by Gasteiger charge is 2.22. The summed E-state index contributed by atoms with van der Waals surface area (Å²) in [5, 5.41) is 14.1. The molecule has 5 nitrogen and oxygen atoms in total. The van der Waals surface area contributed by atoms with Gasteiger partial charge in [0.25, 0.3) is 0 Å². The number of amides is 2. The number of nitrogens with one attached hydrogen (secondary N) is 2. The number of hydrogen-bond acceptors (Lipinski definition) is 2. The van der Waals surface area contributed by atoms with Crippen LogP contribution < -0.4 is 10.6 Å². The molecule has 19 heavy (non-hydrogen) atoms. The molecule has 0 aliphatic heterocycles. The molecule has 0 spiro atoms. The lowest BCUT2D eigenvalue weighted by Crippen LogP contribution is -2.42. The SMILES string of the molecule is CC(C)C(C)(C)CNC(=O)NCCCCCC(=O)O. The smallest absolute Gasteiger partial charge is 0.314 e. The van der Waals surface area contributed by atoms with E-state index in [0.717, 1.165) is 12.8 Å². The van der Waals surface area contributed by atoms with Crippen LogP contribution in [0.4, 0.5) is 4.79 Å². The monoisotopic (exact) mass is 272 g/mol. The van der Waals surface area contributed by atoms with Crippen LogP contribution >= 0.6 is 0 Å². The number of urea groups is 1.